The van der Waals surface area contributed by atoms with E-state index in [0.717, 1.165) is 37.6 Å². The molecule has 154 valence electrons. The fourth-order valence-corrected chi connectivity index (χ4v) is 4.11. The van der Waals surface area contributed by atoms with Crippen molar-refractivity contribution in [3.63, 3.8) is 0 Å². The fraction of sp³-hybridized carbons (Fsp3) is 0.348. The molecule has 3 heterocycles. The zero-order valence-electron chi connectivity index (χ0n) is 16.8. The van der Waals surface area contributed by atoms with E-state index in [-0.39, 0.29) is 17.6 Å². The number of fused-ring (bicyclic) bond motifs is 3. The highest BCUT2D eigenvalue weighted by Crippen LogP contribution is 2.25. The van der Waals surface area contributed by atoms with Crippen molar-refractivity contribution in [1.29, 1.82) is 0 Å². The summed E-state index contributed by atoms with van der Waals surface area (Å²) in [5.74, 6) is 0.00447. The van der Waals surface area contributed by atoms with Gasteiger partial charge in [-0.15, -0.1) is 0 Å². The lowest BCUT2D eigenvalue weighted by Gasteiger charge is -2.40. The zero-order valence-corrected chi connectivity index (χ0v) is 16.8. The van der Waals surface area contributed by atoms with Crippen LogP contribution in [0.25, 0.3) is 21.9 Å². The topological polar surface area (TPSA) is 84.1 Å². The Balaban J connectivity index is 1.42. The molecular weight excluding hydrogens is 382 g/mol. The summed E-state index contributed by atoms with van der Waals surface area (Å²) in [7, 11) is 0. The maximum atomic E-state index is 12.9. The molecule has 0 bridgehead atoms. The number of guanidine groups is 1. The van der Waals surface area contributed by atoms with Gasteiger partial charge in [-0.05, 0) is 43.2 Å². The van der Waals surface area contributed by atoms with Crippen molar-refractivity contribution in [2.45, 2.75) is 31.9 Å². The van der Waals surface area contributed by atoms with Gasteiger partial charge in [0.1, 0.15) is 11.2 Å². The minimum atomic E-state index is -0.500. The number of esters is 1. The van der Waals surface area contributed by atoms with E-state index in [1.165, 1.54) is 0 Å². The van der Waals surface area contributed by atoms with E-state index in [1.807, 2.05) is 23.1 Å². The SMILES string of the molecule is CC(C(=O)OC1CCNC2=NCCCN21)c1ccc2oc3ccccc3c(=O)c2c1. The average Bonchev–Trinajstić information content (AvgIpc) is 2.79. The van der Waals surface area contributed by atoms with E-state index in [0.29, 0.717) is 28.4 Å². The quantitative estimate of drug-likeness (QED) is 0.533. The molecule has 0 aliphatic carbocycles. The summed E-state index contributed by atoms with van der Waals surface area (Å²) >= 11 is 0. The summed E-state index contributed by atoms with van der Waals surface area (Å²) in [4.78, 5) is 32.3. The number of carbonyl (C=O) groups excluding carboxylic acids is 1. The molecule has 2 aliphatic rings. The molecule has 2 aliphatic heterocycles. The first-order chi connectivity index (χ1) is 14.6. The van der Waals surface area contributed by atoms with Crippen molar-refractivity contribution in [3.8, 4) is 0 Å². The van der Waals surface area contributed by atoms with Gasteiger partial charge in [0.15, 0.2) is 12.2 Å². The van der Waals surface area contributed by atoms with Crippen molar-refractivity contribution in [2.24, 2.45) is 4.99 Å². The number of nitrogens with one attached hydrogen (secondary N) is 1. The van der Waals surface area contributed by atoms with Crippen molar-refractivity contribution in [3.05, 3.63) is 58.3 Å². The Kier molecular flexibility index (Phi) is 4.65. The lowest BCUT2D eigenvalue weighted by atomic mass is 9.99. The molecule has 1 fully saturated rings. The second kappa shape index (κ2) is 7.48. The molecule has 5 rings (SSSR count). The normalized spacial score (nSPS) is 19.7. The van der Waals surface area contributed by atoms with Gasteiger partial charge < -0.3 is 19.4 Å². The fourth-order valence-electron chi connectivity index (χ4n) is 4.11. The molecule has 1 saturated heterocycles. The summed E-state index contributed by atoms with van der Waals surface area (Å²) in [5, 5.41) is 4.27. The van der Waals surface area contributed by atoms with Gasteiger partial charge in [0, 0.05) is 26.1 Å². The van der Waals surface area contributed by atoms with Gasteiger partial charge in [-0.25, -0.2) is 0 Å². The second-order valence-electron chi connectivity index (χ2n) is 7.76. The van der Waals surface area contributed by atoms with E-state index in [9.17, 15) is 9.59 Å². The molecule has 2 unspecified atom stereocenters. The Bertz CT molecular complexity index is 1220. The summed E-state index contributed by atoms with van der Waals surface area (Å²) in [6.45, 7) is 4.15. The molecule has 0 radical (unpaired) electrons. The Morgan fingerprint density at radius 1 is 1.23 bits per heavy atom. The van der Waals surface area contributed by atoms with E-state index in [1.54, 1.807) is 31.2 Å². The Labute approximate surface area is 173 Å². The highest BCUT2D eigenvalue weighted by molar-refractivity contribution is 5.91. The van der Waals surface area contributed by atoms with Crippen LogP contribution < -0.4 is 10.7 Å². The van der Waals surface area contributed by atoms with Gasteiger partial charge in [0.05, 0.1) is 16.7 Å². The summed E-state index contributed by atoms with van der Waals surface area (Å²) in [5.41, 5.74) is 1.70. The molecule has 30 heavy (non-hydrogen) atoms. The lowest BCUT2D eigenvalue weighted by Crippen LogP contribution is -2.56. The third kappa shape index (κ3) is 3.20. The van der Waals surface area contributed by atoms with Crippen molar-refractivity contribution in [2.75, 3.05) is 19.6 Å². The van der Waals surface area contributed by atoms with Crippen LogP contribution in [0, 0.1) is 0 Å². The molecule has 0 amide bonds. The molecule has 0 spiro atoms. The molecule has 2 aromatic carbocycles. The van der Waals surface area contributed by atoms with E-state index >= 15 is 0 Å². The number of aliphatic imine (C=N–C) groups is 1. The van der Waals surface area contributed by atoms with E-state index in [4.69, 9.17) is 9.15 Å². The molecule has 7 nitrogen and oxygen atoms in total. The van der Waals surface area contributed by atoms with Crippen LogP contribution in [-0.2, 0) is 9.53 Å². The van der Waals surface area contributed by atoms with Crippen molar-refractivity contribution >= 4 is 33.9 Å². The monoisotopic (exact) mass is 405 g/mol. The molecule has 1 N–H and O–H groups in total. The number of benzene rings is 2. The van der Waals surface area contributed by atoms with Gasteiger partial charge in [-0.3, -0.25) is 14.6 Å². The number of ether oxygens (including phenoxy) is 1. The number of nitrogens with zero attached hydrogens (tertiary/aromatic N) is 2. The average molecular weight is 405 g/mol. The first-order valence-electron chi connectivity index (χ1n) is 10.3. The van der Waals surface area contributed by atoms with Crippen molar-refractivity contribution in [1.82, 2.24) is 10.2 Å². The molecule has 7 heteroatoms. The van der Waals surface area contributed by atoms with Crippen LogP contribution in [0.4, 0.5) is 0 Å². The molecule has 1 aromatic heterocycles. The second-order valence-corrected chi connectivity index (χ2v) is 7.76. The van der Waals surface area contributed by atoms with Gasteiger partial charge in [0.25, 0.3) is 0 Å². The maximum absolute atomic E-state index is 12.9. The number of para-hydroxylation sites is 1. The highest BCUT2D eigenvalue weighted by Gasteiger charge is 2.32. The third-order valence-electron chi connectivity index (χ3n) is 5.82. The predicted molar refractivity (Wildman–Crippen MR) is 115 cm³/mol. The standard InChI is InChI=1S/C23H23N3O4/c1-14(22(28)30-20-9-11-25-23-24-10-4-12-26(20)23)15-7-8-19-17(13-15)21(27)16-5-2-3-6-18(16)29-19/h2-3,5-8,13-14,20H,4,9-12H2,1H3,(H,24,25). The van der Waals surface area contributed by atoms with E-state index in [2.05, 4.69) is 10.3 Å². The van der Waals surface area contributed by atoms with Gasteiger partial charge >= 0.3 is 5.97 Å². The van der Waals surface area contributed by atoms with Crippen LogP contribution >= 0.6 is 0 Å². The minimum Gasteiger partial charge on any atom is -0.456 e. The van der Waals surface area contributed by atoms with E-state index < -0.39 is 5.92 Å². The van der Waals surface area contributed by atoms with Crippen molar-refractivity contribution < 1.29 is 13.9 Å². The number of rotatable bonds is 3. The largest absolute Gasteiger partial charge is 0.456 e. The van der Waals surface area contributed by atoms with Crippen LogP contribution in [0.2, 0.25) is 0 Å². The number of carbonyl (C=O) groups is 1. The van der Waals surface area contributed by atoms with Crippen LogP contribution in [0.1, 0.15) is 31.2 Å². The third-order valence-corrected chi connectivity index (χ3v) is 5.82. The van der Waals surface area contributed by atoms with Crippen LogP contribution in [0.5, 0.6) is 0 Å². The molecule has 0 saturated carbocycles. The predicted octanol–water partition coefficient (Wildman–Crippen LogP) is 2.97. The number of hydrogen-bond donors (Lipinski definition) is 1. The Morgan fingerprint density at radius 3 is 2.97 bits per heavy atom. The summed E-state index contributed by atoms with van der Waals surface area (Å²) in [6.07, 6.45) is 1.35. The minimum absolute atomic E-state index is 0.0956. The first-order valence-corrected chi connectivity index (χ1v) is 10.3. The van der Waals surface area contributed by atoms with Gasteiger partial charge in [-0.1, -0.05) is 18.2 Å². The Hall–Kier alpha value is -3.35. The summed E-state index contributed by atoms with van der Waals surface area (Å²) < 4.78 is 11.7. The molecule has 2 atom stereocenters. The Morgan fingerprint density at radius 2 is 2.07 bits per heavy atom. The molecular formula is C23H23N3O4. The number of hydrogen-bond acceptors (Lipinski definition) is 7. The van der Waals surface area contributed by atoms with Crippen LogP contribution in [-0.4, -0.2) is 42.7 Å². The van der Waals surface area contributed by atoms with Gasteiger partial charge in [0.2, 0.25) is 5.43 Å². The van der Waals surface area contributed by atoms with Crippen LogP contribution in [0.15, 0.2) is 56.7 Å². The smallest absolute Gasteiger partial charge is 0.315 e. The van der Waals surface area contributed by atoms with Crippen LogP contribution in [0.3, 0.4) is 0 Å². The molecule has 3 aromatic rings. The highest BCUT2D eigenvalue weighted by atomic mass is 16.6. The lowest BCUT2D eigenvalue weighted by molar-refractivity contribution is -0.158. The summed E-state index contributed by atoms with van der Waals surface area (Å²) in [6, 6.07) is 12.5. The zero-order chi connectivity index (χ0) is 20.7. The van der Waals surface area contributed by atoms with Gasteiger partial charge in [-0.2, -0.15) is 0 Å². The maximum Gasteiger partial charge on any atom is 0.315 e. The first kappa shape index (κ1) is 18.7.